The zero-order valence-corrected chi connectivity index (χ0v) is 27.8. The fraction of sp³-hybridized carbons (Fsp3) is 1.00. The zero-order chi connectivity index (χ0) is 32.4. The topological polar surface area (TPSA) is 158 Å². The van der Waals surface area contributed by atoms with Crippen molar-refractivity contribution >= 4 is 0 Å². The van der Waals surface area contributed by atoms with Crippen LogP contribution in [0.25, 0.3) is 0 Å². The van der Waals surface area contributed by atoms with Gasteiger partial charge >= 0.3 is 0 Å². The largest absolute Gasteiger partial charge is 0.393 e. The molecule has 4 aliphatic carbocycles. The lowest BCUT2D eigenvalue weighted by Gasteiger charge is -2.66. The smallest absolute Gasteiger partial charge is 0.186 e. The molecule has 256 valence electrons. The van der Waals surface area contributed by atoms with Crippen LogP contribution in [0.2, 0.25) is 0 Å². The monoisotopic (exact) mass is 628 g/mol. The molecule has 6 N–H and O–H groups in total. The maximum Gasteiger partial charge on any atom is 0.186 e. The first-order valence-electron chi connectivity index (χ1n) is 17.1. The van der Waals surface area contributed by atoms with E-state index in [1.54, 1.807) is 0 Å². The summed E-state index contributed by atoms with van der Waals surface area (Å²) in [5.41, 5.74) is -2.10. The molecule has 1 saturated heterocycles. The quantitative estimate of drug-likeness (QED) is 0.209. The van der Waals surface area contributed by atoms with Crippen LogP contribution in [0.4, 0.5) is 0 Å². The Morgan fingerprint density at radius 3 is 2.16 bits per heavy atom. The van der Waals surface area contributed by atoms with E-state index in [9.17, 15) is 30.6 Å². The second kappa shape index (κ2) is 12.9. The zero-order valence-electron chi connectivity index (χ0n) is 27.8. The summed E-state index contributed by atoms with van der Waals surface area (Å²) in [4.78, 5) is 0. The Morgan fingerprint density at radius 1 is 0.864 bits per heavy atom. The molecule has 1 heterocycles. The summed E-state index contributed by atoms with van der Waals surface area (Å²) < 4.78 is 23.1. The van der Waals surface area contributed by atoms with Crippen molar-refractivity contribution in [2.45, 2.75) is 147 Å². The van der Waals surface area contributed by atoms with Crippen molar-refractivity contribution in [2.24, 2.45) is 46.3 Å². The maximum atomic E-state index is 12.7. The lowest BCUT2D eigenvalue weighted by atomic mass is 9.41. The molecule has 4 saturated carbocycles. The second-order valence-electron chi connectivity index (χ2n) is 16.0. The van der Waals surface area contributed by atoms with Crippen LogP contribution in [0.1, 0.15) is 86.0 Å². The van der Waals surface area contributed by atoms with E-state index in [0.717, 1.165) is 25.7 Å². The molecule has 44 heavy (non-hydrogen) atoms. The SMILES string of the molecule is COC1C(OC)[C@H](O)CO[C@H]1O[C@H]1CC[C@@]2(C)C([C@H](O)C[C@]3(O)C2CC[C@]2(C)C([C@H](C)CC[C@H](O)C(C)C)C[C@H](O)C23)[C@H]1O. The average Bonchev–Trinajstić information content (AvgIpc) is 3.24. The number of aliphatic hydroxyl groups is 6. The van der Waals surface area contributed by atoms with E-state index >= 15 is 0 Å². The van der Waals surface area contributed by atoms with Crippen LogP contribution in [0, 0.1) is 46.3 Å². The number of hydrogen-bond acceptors (Lipinski definition) is 10. The number of hydrogen-bond donors (Lipinski definition) is 6. The second-order valence-corrected chi connectivity index (χ2v) is 16.0. The van der Waals surface area contributed by atoms with Crippen LogP contribution in [0.5, 0.6) is 0 Å². The normalized spacial score (nSPS) is 52.2. The van der Waals surface area contributed by atoms with Gasteiger partial charge in [0.2, 0.25) is 0 Å². The molecule has 5 rings (SSSR count). The number of methoxy groups -OCH3 is 2. The summed E-state index contributed by atoms with van der Waals surface area (Å²) in [6.07, 6.45) is -1.57. The molecule has 0 bridgehead atoms. The van der Waals surface area contributed by atoms with Crippen molar-refractivity contribution < 1.29 is 49.6 Å². The average molecular weight is 629 g/mol. The van der Waals surface area contributed by atoms with Crippen LogP contribution in [-0.4, -0.2) is 112 Å². The van der Waals surface area contributed by atoms with E-state index in [-0.39, 0.29) is 54.1 Å². The summed E-state index contributed by atoms with van der Waals surface area (Å²) >= 11 is 0. The predicted molar refractivity (Wildman–Crippen MR) is 162 cm³/mol. The summed E-state index contributed by atoms with van der Waals surface area (Å²) in [7, 11) is 3.00. The first kappa shape index (κ1) is 34.9. The van der Waals surface area contributed by atoms with E-state index in [1.165, 1.54) is 14.2 Å². The fourth-order valence-corrected chi connectivity index (χ4v) is 11.2. The molecule has 5 aliphatic rings. The highest BCUT2D eigenvalue weighted by atomic mass is 16.7. The summed E-state index contributed by atoms with van der Waals surface area (Å²) in [5.74, 6) is -0.371. The Morgan fingerprint density at radius 2 is 1.52 bits per heavy atom. The third kappa shape index (κ3) is 5.61. The molecule has 10 nitrogen and oxygen atoms in total. The molecule has 0 radical (unpaired) electrons. The number of ether oxygens (including phenoxy) is 4. The van der Waals surface area contributed by atoms with Gasteiger partial charge in [0, 0.05) is 32.5 Å². The minimum atomic E-state index is -1.26. The molecule has 5 fully saturated rings. The molecule has 0 aromatic rings. The third-order valence-electron chi connectivity index (χ3n) is 13.4. The van der Waals surface area contributed by atoms with Gasteiger partial charge in [-0.2, -0.15) is 0 Å². The van der Waals surface area contributed by atoms with Gasteiger partial charge in [-0.05, 0) is 79.4 Å². The standard InChI is InChI=1S/C34H60O10/c1-17(2)20(35)9-8-18(3)19-14-21(36)30-32(19,4)13-11-25-33(5)12-10-24(27(39)26(33)22(37)15-34(25,30)40)44-31-29(42-7)28(41-6)23(38)16-43-31/h17-31,35-40H,8-16H2,1-7H3/t18-,19?,20+,21+,22-,23-,24+,25?,26?,27+,28?,29?,30?,31+,32-,33-,34+/m1/s1. The van der Waals surface area contributed by atoms with Crippen molar-refractivity contribution in [1.82, 2.24) is 0 Å². The lowest BCUT2D eigenvalue weighted by molar-refractivity contribution is -0.321. The molecule has 0 aromatic carbocycles. The minimum Gasteiger partial charge on any atom is -0.393 e. The van der Waals surface area contributed by atoms with Gasteiger partial charge in [-0.3, -0.25) is 0 Å². The van der Waals surface area contributed by atoms with Crippen molar-refractivity contribution in [1.29, 1.82) is 0 Å². The van der Waals surface area contributed by atoms with Gasteiger partial charge in [-0.15, -0.1) is 0 Å². The Balaban J connectivity index is 1.34. The van der Waals surface area contributed by atoms with E-state index in [4.69, 9.17) is 18.9 Å². The van der Waals surface area contributed by atoms with E-state index in [2.05, 4.69) is 20.8 Å². The number of rotatable bonds is 9. The van der Waals surface area contributed by atoms with Gasteiger partial charge in [0.25, 0.3) is 0 Å². The van der Waals surface area contributed by atoms with E-state index in [0.29, 0.717) is 19.3 Å². The summed E-state index contributed by atoms with van der Waals surface area (Å²) in [6, 6.07) is 0. The molecule has 0 aromatic heterocycles. The molecule has 0 amide bonds. The van der Waals surface area contributed by atoms with Crippen molar-refractivity contribution in [3.05, 3.63) is 0 Å². The Labute approximate surface area is 263 Å². The van der Waals surface area contributed by atoms with Gasteiger partial charge in [-0.1, -0.05) is 34.6 Å². The Kier molecular flexibility index (Phi) is 10.2. The summed E-state index contributed by atoms with van der Waals surface area (Å²) in [6.45, 7) is 10.6. The van der Waals surface area contributed by atoms with Crippen LogP contribution < -0.4 is 0 Å². The van der Waals surface area contributed by atoms with Crippen molar-refractivity contribution in [2.75, 3.05) is 20.8 Å². The van der Waals surface area contributed by atoms with E-state index < -0.39 is 66.0 Å². The summed E-state index contributed by atoms with van der Waals surface area (Å²) in [5, 5.41) is 68.6. The van der Waals surface area contributed by atoms with Crippen molar-refractivity contribution in [3.8, 4) is 0 Å². The van der Waals surface area contributed by atoms with Crippen LogP contribution in [0.15, 0.2) is 0 Å². The molecule has 10 heteroatoms. The predicted octanol–water partition coefficient (Wildman–Crippen LogP) is 2.24. The van der Waals surface area contributed by atoms with Gasteiger partial charge in [0.05, 0.1) is 42.7 Å². The lowest BCUT2D eigenvalue weighted by Crippen LogP contribution is -2.71. The maximum absolute atomic E-state index is 12.7. The number of aliphatic hydroxyl groups excluding tert-OH is 5. The van der Waals surface area contributed by atoms with Gasteiger partial charge in [-0.25, -0.2) is 0 Å². The number of fused-ring (bicyclic) bond motifs is 5. The van der Waals surface area contributed by atoms with Crippen LogP contribution in [0.3, 0.4) is 0 Å². The van der Waals surface area contributed by atoms with Crippen molar-refractivity contribution in [3.63, 3.8) is 0 Å². The highest BCUT2D eigenvalue weighted by Gasteiger charge is 2.72. The van der Waals surface area contributed by atoms with Gasteiger partial charge < -0.3 is 49.6 Å². The Hall–Kier alpha value is -0.400. The molecule has 17 atom stereocenters. The first-order chi connectivity index (χ1) is 20.6. The van der Waals surface area contributed by atoms with Crippen LogP contribution >= 0.6 is 0 Å². The Bertz CT molecular complexity index is 982. The first-order valence-corrected chi connectivity index (χ1v) is 17.1. The highest BCUT2D eigenvalue weighted by molar-refractivity contribution is 5.21. The minimum absolute atomic E-state index is 0.0190. The van der Waals surface area contributed by atoms with Gasteiger partial charge in [0.1, 0.15) is 18.3 Å². The highest BCUT2D eigenvalue weighted by Crippen LogP contribution is 2.70. The molecular weight excluding hydrogens is 568 g/mol. The molecular formula is C34H60O10. The molecule has 6 unspecified atom stereocenters. The fourth-order valence-electron chi connectivity index (χ4n) is 11.2. The third-order valence-corrected chi connectivity index (χ3v) is 13.4. The molecule has 0 spiro atoms. The molecule has 1 aliphatic heterocycles. The van der Waals surface area contributed by atoms with E-state index in [1.807, 2.05) is 13.8 Å². The van der Waals surface area contributed by atoms with Crippen LogP contribution in [-0.2, 0) is 18.9 Å². The van der Waals surface area contributed by atoms with Gasteiger partial charge in [0.15, 0.2) is 6.29 Å².